The van der Waals surface area contributed by atoms with Gasteiger partial charge in [-0.1, -0.05) is 24.3 Å². The summed E-state index contributed by atoms with van der Waals surface area (Å²) < 4.78 is 41.1. The Balaban J connectivity index is 1.93. The molecule has 108 valence electrons. The molecule has 0 saturated carbocycles. The second-order valence-electron chi connectivity index (χ2n) is 4.83. The van der Waals surface area contributed by atoms with E-state index in [9.17, 15) is 13.2 Å². The molecule has 1 unspecified atom stereocenters. The number of hydrogen-bond acceptors (Lipinski definition) is 2. The van der Waals surface area contributed by atoms with Gasteiger partial charge in [0.05, 0.1) is 0 Å². The number of nitrogens with two attached hydrogens (primary N) is 1. The molecule has 5 heteroatoms. The zero-order valence-electron chi connectivity index (χ0n) is 10.9. The Morgan fingerprint density at radius 2 is 1.76 bits per heavy atom. The smallest absolute Gasteiger partial charge is 0.194 e. The van der Waals surface area contributed by atoms with Gasteiger partial charge in [-0.2, -0.15) is 0 Å². The first-order valence-electron chi connectivity index (χ1n) is 6.42. The predicted molar refractivity (Wildman–Crippen MR) is 78.8 cm³/mol. The van der Waals surface area contributed by atoms with Crippen molar-refractivity contribution in [1.82, 2.24) is 0 Å². The summed E-state index contributed by atoms with van der Waals surface area (Å²) in [6, 6.07) is 9.20. The molecule has 3 aromatic rings. The van der Waals surface area contributed by atoms with Gasteiger partial charge in [-0.25, -0.2) is 13.2 Å². The molecule has 1 heterocycles. The topological polar surface area (TPSA) is 26.0 Å². The average Bonchev–Trinajstić information content (AvgIpc) is 2.88. The van der Waals surface area contributed by atoms with E-state index in [0.717, 1.165) is 21.7 Å². The highest BCUT2D eigenvalue weighted by Crippen LogP contribution is 2.30. The summed E-state index contributed by atoms with van der Waals surface area (Å²) >= 11 is 1.58. The fourth-order valence-corrected chi connectivity index (χ4v) is 3.34. The first kappa shape index (κ1) is 14.1. The summed E-state index contributed by atoms with van der Waals surface area (Å²) in [7, 11) is 0. The van der Waals surface area contributed by atoms with Crippen LogP contribution in [0.1, 0.15) is 17.2 Å². The molecule has 0 bridgehead atoms. The number of fused-ring (bicyclic) bond motifs is 1. The van der Waals surface area contributed by atoms with E-state index in [1.807, 2.05) is 29.6 Å². The summed E-state index contributed by atoms with van der Waals surface area (Å²) in [5, 5.41) is 3.02. The quantitative estimate of drug-likeness (QED) is 0.705. The summed E-state index contributed by atoms with van der Waals surface area (Å²) in [6.45, 7) is 0. The van der Waals surface area contributed by atoms with Crippen LogP contribution in [0.2, 0.25) is 0 Å². The van der Waals surface area contributed by atoms with Gasteiger partial charge >= 0.3 is 0 Å². The molecule has 2 N–H and O–H groups in total. The highest BCUT2D eigenvalue weighted by molar-refractivity contribution is 7.17. The molecule has 0 fully saturated rings. The van der Waals surface area contributed by atoms with Crippen LogP contribution in [-0.4, -0.2) is 0 Å². The molecule has 3 rings (SSSR count). The summed E-state index contributed by atoms with van der Waals surface area (Å²) in [4.78, 5) is 0. The van der Waals surface area contributed by atoms with E-state index in [-0.39, 0.29) is 5.56 Å². The molecule has 1 atom stereocenters. The summed E-state index contributed by atoms with van der Waals surface area (Å²) in [6.07, 6.45) is 0.367. The minimum atomic E-state index is -1.47. The van der Waals surface area contributed by atoms with Gasteiger partial charge in [-0.15, -0.1) is 11.3 Å². The van der Waals surface area contributed by atoms with Crippen molar-refractivity contribution in [1.29, 1.82) is 0 Å². The van der Waals surface area contributed by atoms with Crippen molar-refractivity contribution in [2.75, 3.05) is 0 Å². The van der Waals surface area contributed by atoms with Crippen molar-refractivity contribution in [2.24, 2.45) is 5.73 Å². The second-order valence-corrected chi connectivity index (χ2v) is 5.74. The molecular formula is C16H12F3NS. The molecule has 1 nitrogen and oxygen atoms in total. The molecule has 0 spiro atoms. The van der Waals surface area contributed by atoms with Crippen LogP contribution < -0.4 is 5.73 Å². The van der Waals surface area contributed by atoms with Gasteiger partial charge in [0, 0.05) is 16.3 Å². The molecule has 0 aliphatic heterocycles. The number of rotatable bonds is 3. The van der Waals surface area contributed by atoms with Gasteiger partial charge < -0.3 is 5.73 Å². The highest BCUT2D eigenvalue weighted by atomic mass is 32.1. The molecular weight excluding hydrogens is 295 g/mol. The van der Waals surface area contributed by atoms with Crippen LogP contribution in [0.25, 0.3) is 10.1 Å². The van der Waals surface area contributed by atoms with Crippen LogP contribution in [0.3, 0.4) is 0 Å². The first-order valence-corrected chi connectivity index (χ1v) is 7.30. The number of thiophene rings is 1. The Hall–Kier alpha value is -1.85. The third kappa shape index (κ3) is 2.54. The van der Waals surface area contributed by atoms with Crippen LogP contribution in [0.5, 0.6) is 0 Å². The lowest BCUT2D eigenvalue weighted by molar-refractivity contribution is 0.435. The standard InChI is InChI=1S/C16H12F3NS/c17-12-6-5-11(15(18)16(12)19)13(20)7-9-8-21-14-4-2-1-3-10(9)14/h1-6,8,13H,7,20H2. The summed E-state index contributed by atoms with van der Waals surface area (Å²) in [5.41, 5.74) is 6.94. The molecule has 1 aromatic heterocycles. The first-order chi connectivity index (χ1) is 10.1. The third-order valence-corrected chi connectivity index (χ3v) is 4.48. The predicted octanol–water partition coefficient (Wildman–Crippen LogP) is 4.56. The van der Waals surface area contributed by atoms with Gasteiger partial charge in [0.25, 0.3) is 0 Å². The number of halogens is 3. The Bertz CT molecular complexity index is 797. The van der Waals surface area contributed by atoms with E-state index in [0.29, 0.717) is 6.42 Å². The zero-order chi connectivity index (χ0) is 15.0. The van der Waals surface area contributed by atoms with Crippen LogP contribution in [0.15, 0.2) is 41.8 Å². The Labute approximate surface area is 123 Å². The van der Waals surface area contributed by atoms with E-state index in [1.54, 1.807) is 11.3 Å². The second kappa shape index (κ2) is 5.50. The zero-order valence-corrected chi connectivity index (χ0v) is 11.8. The van der Waals surface area contributed by atoms with Crippen molar-refractivity contribution < 1.29 is 13.2 Å². The maximum Gasteiger partial charge on any atom is 0.194 e. The monoisotopic (exact) mass is 307 g/mol. The van der Waals surface area contributed by atoms with Crippen molar-refractivity contribution in [3.8, 4) is 0 Å². The lowest BCUT2D eigenvalue weighted by Gasteiger charge is -2.13. The Morgan fingerprint density at radius 1 is 1.00 bits per heavy atom. The van der Waals surface area contributed by atoms with E-state index in [2.05, 4.69) is 0 Å². The maximum absolute atomic E-state index is 13.8. The lowest BCUT2D eigenvalue weighted by atomic mass is 9.98. The van der Waals surface area contributed by atoms with Gasteiger partial charge in [0.15, 0.2) is 17.5 Å². The molecule has 0 radical (unpaired) electrons. The number of benzene rings is 2. The maximum atomic E-state index is 13.8. The van der Waals surface area contributed by atoms with Crippen molar-refractivity contribution in [3.05, 3.63) is 70.4 Å². The SMILES string of the molecule is NC(Cc1csc2ccccc12)c1ccc(F)c(F)c1F. The molecule has 21 heavy (non-hydrogen) atoms. The van der Waals surface area contributed by atoms with Crippen LogP contribution in [0, 0.1) is 17.5 Å². The minimum Gasteiger partial charge on any atom is -0.324 e. The average molecular weight is 307 g/mol. The van der Waals surface area contributed by atoms with Gasteiger partial charge in [0.1, 0.15) is 0 Å². The molecule has 2 aromatic carbocycles. The van der Waals surface area contributed by atoms with E-state index >= 15 is 0 Å². The van der Waals surface area contributed by atoms with E-state index < -0.39 is 23.5 Å². The largest absolute Gasteiger partial charge is 0.324 e. The molecule has 0 aliphatic rings. The van der Waals surface area contributed by atoms with Crippen LogP contribution >= 0.6 is 11.3 Å². The Kier molecular flexibility index (Phi) is 3.69. The fraction of sp³-hybridized carbons (Fsp3) is 0.125. The highest BCUT2D eigenvalue weighted by Gasteiger charge is 2.19. The lowest BCUT2D eigenvalue weighted by Crippen LogP contribution is -2.16. The van der Waals surface area contributed by atoms with Crippen molar-refractivity contribution >= 4 is 21.4 Å². The van der Waals surface area contributed by atoms with Gasteiger partial charge in [-0.3, -0.25) is 0 Å². The summed E-state index contributed by atoms with van der Waals surface area (Å²) in [5.74, 6) is -3.88. The number of hydrogen-bond donors (Lipinski definition) is 1. The third-order valence-electron chi connectivity index (χ3n) is 3.47. The van der Waals surface area contributed by atoms with E-state index in [4.69, 9.17) is 5.73 Å². The van der Waals surface area contributed by atoms with Crippen molar-refractivity contribution in [3.63, 3.8) is 0 Å². The minimum absolute atomic E-state index is 0.0100. The van der Waals surface area contributed by atoms with E-state index in [1.165, 1.54) is 6.07 Å². The molecule has 0 saturated heterocycles. The van der Waals surface area contributed by atoms with Crippen molar-refractivity contribution in [2.45, 2.75) is 12.5 Å². The van der Waals surface area contributed by atoms with Crippen LogP contribution in [-0.2, 0) is 6.42 Å². The molecule has 0 aliphatic carbocycles. The van der Waals surface area contributed by atoms with Crippen LogP contribution in [0.4, 0.5) is 13.2 Å². The molecule has 0 amide bonds. The van der Waals surface area contributed by atoms with Gasteiger partial charge in [-0.05, 0) is 34.9 Å². The van der Waals surface area contributed by atoms with Gasteiger partial charge in [0.2, 0.25) is 0 Å². The fourth-order valence-electron chi connectivity index (χ4n) is 2.36. The Morgan fingerprint density at radius 3 is 2.57 bits per heavy atom. The normalized spacial score (nSPS) is 12.8.